The number of thiazole rings is 1. The molecule has 30 heavy (non-hydrogen) atoms. The molecule has 0 aromatic carbocycles. The van der Waals surface area contributed by atoms with E-state index in [4.69, 9.17) is 0 Å². The number of anilines is 3. The van der Waals surface area contributed by atoms with Crippen LogP contribution in [-0.4, -0.2) is 52.4 Å². The first-order valence-electron chi connectivity index (χ1n) is 9.86. The summed E-state index contributed by atoms with van der Waals surface area (Å²) >= 11 is 1.56. The zero-order chi connectivity index (χ0) is 21.5. The zero-order valence-electron chi connectivity index (χ0n) is 17.7. The fourth-order valence-corrected chi connectivity index (χ4v) is 3.71. The van der Waals surface area contributed by atoms with Gasteiger partial charge in [-0.2, -0.15) is 0 Å². The Morgan fingerprint density at radius 1 is 1.27 bits per heavy atom. The van der Waals surface area contributed by atoms with Crippen LogP contribution in [0.4, 0.5) is 16.8 Å². The summed E-state index contributed by atoms with van der Waals surface area (Å²) in [5, 5.41) is 7.03. The standard InChI is InChI=1S/C21H27N7OS/c1-14(22-3)17(29)6-5-11-28(4)20-12-19(25-15(2)26-20)27-21-24-13-18(30-21)16-7-9-23-10-8-16/h7-10,12-14,22H,5-6,11H2,1-4H3,(H,24,25,26,27)/t14-/m0/s1. The van der Waals surface area contributed by atoms with Crippen LogP contribution in [0, 0.1) is 6.92 Å². The number of Topliss-reactive ketones (excluding diaryl/α,β-unsaturated/α-hetero) is 1. The third-order valence-electron chi connectivity index (χ3n) is 4.75. The minimum atomic E-state index is -0.109. The molecule has 3 aromatic heterocycles. The third kappa shape index (κ3) is 5.80. The third-order valence-corrected chi connectivity index (χ3v) is 5.72. The molecule has 2 N–H and O–H groups in total. The highest BCUT2D eigenvalue weighted by atomic mass is 32.1. The van der Waals surface area contributed by atoms with Crippen molar-refractivity contribution in [3.8, 4) is 10.4 Å². The largest absolute Gasteiger partial charge is 0.359 e. The summed E-state index contributed by atoms with van der Waals surface area (Å²) in [6, 6.07) is 5.71. The summed E-state index contributed by atoms with van der Waals surface area (Å²) in [6.45, 7) is 4.49. The van der Waals surface area contributed by atoms with E-state index in [0.29, 0.717) is 18.1 Å². The van der Waals surface area contributed by atoms with Gasteiger partial charge in [-0.15, -0.1) is 0 Å². The molecule has 0 fully saturated rings. The lowest BCUT2D eigenvalue weighted by molar-refractivity contribution is -0.120. The summed E-state index contributed by atoms with van der Waals surface area (Å²) in [4.78, 5) is 32.6. The van der Waals surface area contributed by atoms with Crippen molar-refractivity contribution in [2.45, 2.75) is 32.7 Å². The van der Waals surface area contributed by atoms with Crippen LogP contribution in [0.5, 0.6) is 0 Å². The minimum Gasteiger partial charge on any atom is -0.359 e. The van der Waals surface area contributed by atoms with Crippen LogP contribution >= 0.6 is 11.3 Å². The molecule has 0 aliphatic heterocycles. The highest BCUT2D eigenvalue weighted by Crippen LogP contribution is 2.30. The van der Waals surface area contributed by atoms with Crippen molar-refractivity contribution in [2.24, 2.45) is 0 Å². The Morgan fingerprint density at radius 2 is 2.03 bits per heavy atom. The second-order valence-corrected chi connectivity index (χ2v) is 8.08. The van der Waals surface area contributed by atoms with E-state index in [1.54, 1.807) is 30.8 Å². The second kappa shape index (κ2) is 10.2. The number of rotatable bonds is 10. The van der Waals surface area contributed by atoms with E-state index in [-0.39, 0.29) is 11.8 Å². The molecule has 9 heteroatoms. The van der Waals surface area contributed by atoms with Crippen molar-refractivity contribution in [3.63, 3.8) is 0 Å². The van der Waals surface area contributed by atoms with Crippen LogP contribution in [0.3, 0.4) is 0 Å². The van der Waals surface area contributed by atoms with Gasteiger partial charge in [0.2, 0.25) is 0 Å². The number of hydrogen-bond donors (Lipinski definition) is 2. The van der Waals surface area contributed by atoms with E-state index in [1.165, 1.54) is 0 Å². The fraction of sp³-hybridized carbons (Fsp3) is 0.381. The molecular formula is C21H27N7OS. The lowest BCUT2D eigenvalue weighted by Crippen LogP contribution is -2.31. The molecule has 0 aliphatic rings. The number of aromatic nitrogens is 4. The number of hydrogen-bond acceptors (Lipinski definition) is 9. The predicted octanol–water partition coefficient (Wildman–Crippen LogP) is 3.44. The molecule has 0 aliphatic carbocycles. The lowest BCUT2D eigenvalue weighted by atomic mass is 10.1. The number of carbonyl (C=O) groups is 1. The SMILES string of the molecule is CN[C@@H](C)C(=O)CCCN(C)c1cc(Nc2ncc(-c3ccncc3)s2)nc(C)n1. The number of pyridine rings is 1. The average Bonchev–Trinajstić information content (AvgIpc) is 3.21. The van der Waals surface area contributed by atoms with Gasteiger partial charge in [0.15, 0.2) is 5.13 Å². The Kier molecular flexibility index (Phi) is 7.42. The van der Waals surface area contributed by atoms with Crippen molar-refractivity contribution in [3.05, 3.63) is 42.6 Å². The highest BCUT2D eigenvalue weighted by Gasteiger charge is 2.12. The maximum atomic E-state index is 12.0. The Balaban J connectivity index is 1.64. The molecule has 3 rings (SSSR count). The molecule has 1 atom stereocenters. The summed E-state index contributed by atoms with van der Waals surface area (Å²) in [5.74, 6) is 2.40. The van der Waals surface area contributed by atoms with Crippen LogP contribution in [0.25, 0.3) is 10.4 Å². The first-order valence-corrected chi connectivity index (χ1v) is 10.7. The predicted molar refractivity (Wildman–Crippen MR) is 121 cm³/mol. The molecular weight excluding hydrogens is 398 g/mol. The quantitative estimate of drug-likeness (QED) is 0.510. The van der Waals surface area contributed by atoms with Crippen LogP contribution < -0.4 is 15.5 Å². The molecule has 158 valence electrons. The highest BCUT2D eigenvalue weighted by molar-refractivity contribution is 7.18. The zero-order valence-corrected chi connectivity index (χ0v) is 18.5. The van der Waals surface area contributed by atoms with E-state index >= 15 is 0 Å². The maximum Gasteiger partial charge on any atom is 0.188 e. The summed E-state index contributed by atoms with van der Waals surface area (Å²) in [7, 11) is 3.78. The van der Waals surface area contributed by atoms with Crippen molar-refractivity contribution >= 4 is 33.9 Å². The van der Waals surface area contributed by atoms with E-state index in [9.17, 15) is 4.79 Å². The number of nitrogens with zero attached hydrogens (tertiary/aromatic N) is 5. The van der Waals surface area contributed by atoms with Crippen LogP contribution in [0.1, 0.15) is 25.6 Å². The molecule has 3 heterocycles. The molecule has 3 aromatic rings. The number of aryl methyl sites for hydroxylation is 1. The van der Waals surface area contributed by atoms with Crippen molar-refractivity contribution < 1.29 is 4.79 Å². The van der Waals surface area contributed by atoms with Crippen LogP contribution in [-0.2, 0) is 4.79 Å². The van der Waals surface area contributed by atoms with Crippen molar-refractivity contribution in [1.29, 1.82) is 0 Å². The van der Waals surface area contributed by atoms with Gasteiger partial charge in [0, 0.05) is 44.7 Å². The van der Waals surface area contributed by atoms with Gasteiger partial charge in [-0.3, -0.25) is 9.78 Å². The number of nitrogens with one attached hydrogen (secondary N) is 2. The van der Waals surface area contributed by atoms with Crippen molar-refractivity contribution in [2.75, 3.05) is 30.9 Å². The Morgan fingerprint density at radius 3 is 2.77 bits per heavy atom. The fourth-order valence-electron chi connectivity index (χ4n) is 2.89. The molecule has 0 bridgehead atoms. The maximum absolute atomic E-state index is 12.0. The topological polar surface area (TPSA) is 95.9 Å². The van der Waals surface area contributed by atoms with E-state index in [1.807, 2.05) is 50.2 Å². The molecule has 0 unspecified atom stereocenters. The van der Waals surface area contributed by atoms with E-state index < -0.39 is 0 Å². The molecule has 0 saturated heterocycles. The summed E-state index contributed by atoms with van der Waals surface area (Å²) < 4.78 is 0. The lowest BCUT2D eigenvalue weighted by Gasteiger charge is -2.19. The molecule has 0 spiro atoms. The van der Waals surface area contributed by atoms with Gasteiger partial charge in [-0.1, -0.05) is 11.3 Å². The van der Waals surface area contributed by atoms with Gasteiger partial charge < -0.3 is 15.5 Å². The van der Waals surface area contributed by atoms with E-state index in [2.05, 4.69) is 30.6 Å². The Bertz CT molecular complexity index is 976. The number of ketones is 1. The van der Waals surface area contributed by atoms with Gasteiger partial charge >= 0.3 is 0 Å². The van der Waals surface area contributed by atoms with Gasteiger partial charge in [0.1, 0.15) is 23.2 Å². The minimum absolute atomic E-state index is 0.109. The summed E-state index contributed by atoms with van der Waals surface area (Å²) in [6.07, 6.45) is 6.69. The van der Waals surface area contributed by atoms with Crippen LogP contribution in [0.2, 0.25) is 0 Å². The number of carbonyl (C=O) groups excluding carboxylic acids is 1. The summed E-state index contributed by atoms with van der Waals surface area (Å²) in [5.41, 5.74) is 1.08. The first kappa shape index (κ1) is 21.8. The molecule has 0 saturated carbocycles. The average molecular weight is 426 g/mol. The smallest absolute Gasteiger partial charge is 0.188 e. The normalized spacial score (nSPS) is 11.9. The first-order chi connectivity index (χ1) is 14.5. The molecule has 0 amide bonds. The van der Waals surface area contributed by atoms with Crippen molar-refractivity contribution in [1.82, 2.24) is 25.3 Å². The monoisotopic (exact) mass is 425 g/mol. The van der Waals surface area contributed by atoms with Gasteiger partial charge in [0.25, 0.3) is 0 Å². The van der Waals surface area contributed by atoms with E-state index in [0.717, 1.165) is 34.4 Å². The Hall–Kier alpha value is -2.91. The van der Waals surface area contributed by atoms with Gasteiger partial charge in [-0.25, -0.2) is 15.0 Å². The van der Waals surface area contributed by atoms with Gasteiger partial charge in [-0.05, 0) is 45.0 Å². The number of likely N-dealkylation sites (N-methyl/N-ethyl adjacent to an activating group) is 1. The molecule has 0 radical (unpaired) electrons. The van der Waals surface area contributed by atoms with Crippen LogP contribution in [0.15, 0.2) is 36.8 Å². The second-order valence-electron chi connectivity index (χ2n) is 7.05. The molecule has 8 nitrogen and oxygen atoms in total. The van der Waals surface area contributed by atoms with Gasteiger partial charge in [0.05, 0.1) is 10.9 Å². The Labute approximate surface area is 180 Å².